The zero-order chi connectivity index (χ0) is 31.1. The Kier molecular flexibility index (Phi) is 12.0. The number of nitrogens with two attached hydrogens (primary N) is 1. The SMILES string of the molecule is CCNC(=O)[C@H](Cc1ccc(O)c(C(C)(C)C)c1)C(N)C(=O)[C@H](C(C)C)N(C)C(=O)[C@H](Cc1ccc(F)cc1)NC. The third-order valence-electron chi connectivity index (χ3n) is 7.46. The number of halogens is 1. The Hall–Kier alpha value is -3.30. The van der Waals surface area contributed by atoms with Crippen molar-refractivity contribution >= 4 is 17.6 Å². The van der Waals surface area contributed by atoms with E-state index in [0.29, 0.717) is 13.0 Å². The first-order chi connectivity index (χ1) is 19.1. The van der Waals surface area contributed by atoms with Crippen LogP contribution in [0.3, 0.4) is 0 Å². The number of nitrogens with one attached hydrogen (secondary N) is 2. The smallest absolute Gasteiger partial charge is 0.240 e. The average molecular weight is 571 g/mol. The maximum absolute atomic E-state index is 14.0. The Morgan fingerprint density at radius 3 is 2.12 bits per heavy atom. The van der Waals surface area contributed by atoms with Gasteiger partial charge >= 0.3 is 0 Å². The predicted octanol–water partition coefficient (Wildman–Crippen LogP) is 3.33. The monoisotopic (exact) mass is 570 g/mol. The highest BCUT2D eigenvalue weighted by Gasteiger charge is 2.40. The van der Waals surface area contributed by atoms with Crippen molar-refractivity contribution in [2.24, 2.45) is 17.6 Å². The number of carbonyl (C=O) groups excluding carboxylic acids is 3. The number of ketones is 1. The fourth-order valence-electron chi connectivity index (χ4n) is 5.17. The third kappa shape index (κ3) is 8.84. The van der Waals surface area contributed by atoms with E-state index >= 15 is 0 Å². The van der Waals surface area contributed by atoms with Crippen LogP contribution < -0.4 is 16.4 Å². The van der Waals surface area contributed by atoms with E-state index in [1.54, 1.807) is 45.3 Å². The summed E-state index contributed by atoms with van der Waals surface area (Å²) in [6.07, 6.45) is 0.498. The summed E-state index contributed by atoms with van der Waals surface area (Å²) in [5.41, 5.74) is 8.51. The maximum atomic E-state index is 14.0. The summed E-state index contributed by atoms with van der Waals surface area (Å²) in [6, 6.07) is 8.41. The number of hydrogen-bond donors (Lipinski definition) is 4. The summed E-state index contributed by atoms with van der Waals surface area (Å²) in [5, 5.41) is 16.2. The molecule has 0 aliphatic rings. The van der Waals surface area contributed by atoms with Crippen LogP contribution in [0, 0.1) is 17.7 Å². The van der Waals surface area contributed by atoms with Gasteiger partial charge in [-0.25, -0.2) is 4.39 Å². The van der Waals surface area contributed by atoms with Gasteiger partial charge in [0.05, 0.1) is 24.0 Å². The number of Topliss-reactive ketones (excluding diaryl/α,β-unsaturated/α-hetero) is 1. The van der Waals surface area contributed by atoms with E-state index in [2.05, 4.69) is 10.6 Å². The van der Waals surface area contributed by atoms with E-state index in [-0.39, 0.29) is 41.1 Å². The van der Waals surface area contributed by atoms with E-state index in [9.17, 15) is 23.9 Å². The summed E-state index contributed by atoms with van der Waals surface area (Å²) < 4.78 is 13.4. The van der Waals surface area contributed by atoms with E-state index in [1.807, 2.05) is 40.7 Å². The van der Waals surface area contributed by atoms with Crippen LogP contribution in [0.25, 0.3) is 0 Å². The number of carbonyl (C=O) groups is 3. The number of benzene rings is 2. The van der Waals surface area contributed by atoms with Crippen molar-refractivity contribution < 1.29 is 23.9 Å². The second kappa shape index (κ2) is 14.5. The predicted molar refractivity (Wildman–Crippen MR) is 160 cm³/mol. The lowest BCUT2D eigenvalue weighted by Crippen LogP contribution is -2.58. The van der Waals surface area contributed by atoms with Crippen LogP contribution in [0.5, 0.6) is 5.75 Å². The van der Waals surface area contributed by atoms with Gasteiger partial charge in [0.25, 0.3) is 0 Å². The second-order valence-corrected chi connectivity index (χ2v) is 12.0. The number of aromatic hydroxyl groups is 1. The molecule has 2 aromatic carbocycles. The van der Waals surface area contributed by atoms with Crippen molar-refractivity contribution in [2.45, 2.75) is 77.9 Å². The molecule has 0 fully saturated rings. The first-order valence-electron chi connectivity index (χ1n) is 14.2. The standard InChI is InChI=1S/C32H47FN4O4/c1-9-36-30(40)23(16-21-12-15-26(38)24(17-21)32(4,5)6)27(34)29(39)28(19(2)3)37(8)31(41)25(35-7)18-20-10-13-22(33)14-11-20/h10-15,17,19,23,25,27-28,35,38H,9,16,18,34H2,1-8H3,(H,36,40)/t23-,25+,27?,28+/m1/s1. The zero-order valence-corrected chi connectivity index (χ0v) is 25.6. The molecule has 0 bridgehead atoms. The van der Waals surface area contributed by atoms with Gasteiger partial charge in [0.1, 0.15) is 11.6 Å². The van der Waals surface area contributed by atoms with E-state index in [1.165, 1.54) is 17.0 Å². The van der Waals surface area contributed by atoms with Gasteiger partial charge in [0.15, 0.2) is 5.78 Å². The molecule has 0 saturated heterocycles. The molecule has 1 unspecified atom stereocenters. The Labute approximate surface area is 243 Å². The summed E-state index contributed by atoms with van der Waals surface area (Å²) >= 11 is 0. The van der Waals surface area contributed by atoms with E-state index < -0.39 is 29.8 Å². The largest absolute Gasteiger partial charge is 0.508 e. The normalized spacial score (nSPS) is 14.7. The topological polar surface area (TPSA) is 125 Å². The molecule has 5 N–H and O–H groups in total. The summed E-state index contributed by atoms with van der Waals surface area (Å²) in [7, 11) is 3.23. The van der Waals surface area contributed by atoms with Gasteiger partial charge in [-0.1, -0.05) is 58.9 Å². The number of nitrogens with zero attached hydrogens (tertiary/aromatic N) is 1. The van der Waals surface area contributed by atoms with Crippen LogP contribution in [-0.4, -0.2) is 66.4 Å². The Morgan fingerprint density at radius 1 is 1.02 bits per heavy atom. The minimum absolute atomic E-state index is 0.163. The van der Waals surface area contributed by atoms with Crippen molar-refractivity contribution in [3.05, 3.63) is 65.0 Å². The molecule has 2 aromatic rings. The fraction of sp³-hybridized carbons (Fsp3) is 0.531. The molecule has 2 amide bonds. The van der Waals surface area contributed by atoms with E-state index in [4.69, 9.17) is 5.73 Å². The maximum Gasteiger partial charge on any atom is 0.240 e. The van der Waals surface area contributed by atoms with Crippen molar-refractivity contribution in [1.82, 2.24) is 15.5 Å². The van der Waals surface area contributed by atoms with Crippen molar-refractivity contribution in [2.75, 3.05) is 20.6 Å². The molecule has 9 heteroatoms. The first-order valence-corrected chi connectivity index (χ1v) is 14.2. The number of rotatable bonds is 13. The van der Waals surface area contributed by atoms with Gasteiger partial charge in [-0.05, 0) is 73.0 Å². The molecular weight excluding hydrogens is 523 g/mol. The van der Waals surface area contributed by atoms with Gasteiger partial charge in [0, 0.05) is 13.6 Å². The fourth-order valence-corrected chi connectivity index (χ4v) is 5.17. The van der Waals surface area contributed by atoms with Gasteiger partial charge in [0.2, 0.25) is 11.8 Å². The summed E-state index contributed by atoms with van der Waals surface area (Å²) in [6.45, 7) is 11.8. The Morgan fingerprint density at radius 2 is 1.61 bits per heavy atom. The summed E-state index contributed by atoms with van der Waals surface area (Å²) in [5.74, 6) is -2.42. The van der Waals surface area contributed by atoms with Crippen LogP contribution in [0.1, 0.15) is 58.2 Å². The van der Waals surface area contributed by atoms with Crippen LogP contribution in [0.4, 0.5) is 4.39 Å². The molecule has 4 atom stereocenters. The molecule has 0 aliphatic carbocycles. The van der Waals surface area contributed by atoms with Crippen LogP contribution in [0.15, 0.2) is 42.5 Å². The molecule has 2 rings (SSSR count). The summed E-state index contributed by atoms with van der Waals surface area (Å²) in [4.78, 5) is 42.1. The highest BCUT2D eigenvalue weighted by molar-refractivity contribution is 5.97. The van der Waals surface area contributed by atoms with Gasteiger partial charge < -0.3 is 26.4 Å². The first kappa shape index (κ1) is 33.9. The molecule has 0 saturated carbocycles. The zero-order valence-electron chi connectivity index (χ0n) is 25.6. The van der Waals surface area contributed by atoms with Gasteiger partial charge in [-0.2, -0.15) is 0 Å². The second-order valence-electron chi connectivity index (χ2n) is 12.0. The molecule has 226 valence electrons. The minimum Gasteiger partial charge on any atom is -0.508 e. The third-order valence-corrected chi connectivity index (χ3v) is 7.46. The van der Waals surface area contributed by atoms with Gasteiger partial charge in [-0.15, -0.1) is 0 Å². The molecule has 0 spiro atoms. The number of phenols is 1. The molecule has 0 aliphatic heterocycles. The molecule has 41 heavy (non-hydrogen) atoms. The minimum atomic E-state index is -1.18. The molecular formula is C32H47FN4O4. The van der Waals surface area contributed by atoms with Gasteiger partial charge in [-0.3, -0.25) is 14.4 Å². The number of amides is 2. The number of hydrogen-bond acceptors (Lipinski definition) is 6. The van der Waals surface area contributed by atoms with Crippen molar-refractivity contribution in [3.63, 3.8) is 0 Å². The Balaban J connectivity index is 2.36. The number of phenolic OH excluding ortho intramolecular Hbond substituents is 1. The van der Waals surface area contributed by atoms with Crippen LogP contribution in [0.2, 0.25) is 0 Å². The molecule has 0 heterocycles. The highest BCUT2D eigenvalue weighted by atomic mass is 19.1. The lowest BCUT2D eigenvalue weighted by molar-refractivity contribution is -0.143. The quantitative estimate of drug-likeness (QED) is 0.293. The van der Waals surface area contributed by atoms with Crippen molar-refractivity contribution in [1.29, 1.82) is 0 Å². The average Bonchev–Trinajstić information content (AvgIpc) is 2.90. The Bertz CT molecular complexity index is 1190. The van der Waals surface area contributed by atoms with Crippen molar-refractivity contribution in [3.8, 4) is 5.75 Å². The lowest BCUT2D eigenvalue weighted by Gasteiger charge is -2.35. The number of likely N-dealkylation sites (N-methyl/N-ethyl adjacent to an activating group) is 2. The molecule has 0 aromatic heterocycles. The molecule has 0 radical (unpaired) electrons. The van der Waals surface area contributed by atoms with Crippen LogP contribution >= 0.6 is 0 Å². The van der Waals surface area contributed by atoms with Crippen LogP contribution in [-0.2, 0) is 32.6 Å². The van der Waals surface area contributed by atoms with E-state index in [0.717, 1.165) is 16.7 Å². The lowest BCUT2D eigenvalue weighted by atomic mass is 9.81. The molecule has 8 nitrogen and oxygen atoms in total. The highest BCUT2D eigenvalue weighted by Crippen LogP contribution is 2.32.